The molecule has 0 bridgehead atoms. The van der Waals surface area contributed by atoms with Crippen molar-refractivity contribution in [2.75, 3.05) is 13.1 Å². The second-order valence-corrected chi connectivity index (χ2v) is 7.23. The minimum absolute atomic E-state index is 0. The number of nitrogens with zero attached hydrogens (tertiary/aromatic N) is 2. The van der Waals surface area contributed by atoms with E-state index < -0.39 is 0 Å². The first kappa shape index (κ1) is 24.8. The molecule has 0 radical (unpaired) electrons. The molecule has 156 valence electrons. The van der Waals surface area contributed by atoms with Gasteiger partial charge in [0.1, 0.15) is 0 Å². The van der Waals surface area contributed by atoms with Gasteiger partial charge in [0, 0.05) is 12.4 Å². The molecule has 0 aliphatic heterocycles. The Hall–Kier alpha value is -2.26. The van der Waals surface area contributed by atoms with Crippen LogP contribution >= 0.6 is 12.4 Å². The predicted octanol–water partition coefficient (Wildman–Crippen LogP) is 6.35. The van der Waals surface area contributed by atoms with Gasteiger partial charge in [-0.2, -0.15) is 0 Å². The number of halogens is 1. The minimum Gasteiger partial charge on any atom is -0.306 e. The molecule has 0 spiro atoms. The summed E-state index contributed by atoms with van der Waals surface area (Å²) in [6.07, 6.45) is 10.9. The summed E-state index contributed by atoms with van der Waals surface area (Å²) in [4.78, 5) is 8.75. The number of aryl methyl sites for hydroxylation is 2. The minimum atomic E-state index is 0. The van der Waals surface area contributed by atoms with E-state index in [1.165, 1.54) is 36.8 Å². The monoisotopic (exact) mass is 411 g/mol. The highest BCUT2D eigenvalue weighted by atomic mass is 35.5. The second kappa shape index (κ2) is 14.7. The van der Waals surface area contributed by atoms with Crippen LogP contribution in [0.2, 0.25) is 0 Å². The third-order valence-electron chi connectivity index (χ3n) is 4.64. The maximum Gasteiger partial charge on any atom is 0.0784 e. The number of benzene rings is 2. The number of hydrogen-bond donors (Lipinski definition) is 1. The molecule has 0 atom stereocenters. The lowest BCUT2D eigenvalue weighted by molar-refractivity contribution is 0.795. The predicted molar refractivity (Wildman–Crippen MR) is 130 cm³/mol. The summed E-state index contributed by atoms with van der Waals surface area (Å²) in [5.74, 6) is 0. The topological polar surface area (TPSA) is 48.6 Å². The van der Waals surface area contributed by atoms with Crippen molar-refractivity contribution < 1.29 is 0 Å². The second-order valence-electron chi connectivity index (χ2n) is 7.23. The van der Waals surface area contributed by atoms with Crippen LogP contribution in [0, 0.1) is 5.41 Å². The van der Waals surface area contributed by atoms with E-state index in [0.717, 1.165) is 24.0 Å². The molecular weight excluding hydrogens is 378 g/mol. The van der Waals surface area contributed by atoms with Crippen LogP contribution in [0.4, 0.5) is 0 Å². The number of aliphatic imine (C=N–C) groups is 2. The van der Waals surface area contributed by atoms with Crippen molar-refractivity contribution in [1.82, 2.24) is 0 Å². The van der Waals surface area contributed by atoms with Crippen molar-refractivity contribution in [3.05, 3.63) is 70.8 Å². The molecule has 0 aromatic heterocycles. The third kappa shape index (κ3) is 10.2. The van der Waals surface area contributed by atoms with E-state index in [2.05, 4.69) is 72.4 Å². The Bertz CT molecular complexity index is 696. The molecule has 29 heavy (non-hydrogen) atoms. The molecule has 1 N–H and O–H groups in total. The summed E-state index contributed by atoms with van der Waals surface area (Å²) in [6.45, 7) is 5.21. The van der Waals surface area contributed by atoms with Crippen LogP contribution in [0.1, 0.15) is 61.8 Å². The molecule has 4 heteroatoms. The number of hydrogen-bond acceptors (Lipinski definition) is 3. The Morgan fingerprint density at radius 3 is 1.45 bits per heavy atom. The fourth-order valence-corrected chi connectivity index (χ4v) is 2.88. The van der Waals surface area contributed by atoms with Crippen LogP contribution in [0.5, 0.6) is 0 Å². The lowest BCUT2D eigenvalue weighted by atomic mass is 10.1. The normalized spacial score (nSPS) is 11.1. The Morgan fingerprint density at radius 1 is 0.724 bits per heavy atom. The lowest BCUT2D eigenvalue weighted by Gasteiger charge is -2.01. The number of unbranched alkanes of at least 4 members (excludes halogenated alkanes) is 2. The Labute approximate surface area is 182 Å². The van der Waals surface area contributed by atoms with Gasteiger partial charge in [-0.1, -0.05) is 75.2 Å². The van der Waals surface area contributed by atoms with Gasteiger partial charge in [0.2, 0.25) is 0 Å². The highest BCUT2D eigenvalue weighted by molar-refractivity contribution is 5.90. The van der Waals surface area contributed by atoms with Gasteiger partial charge < -0.3 is 5.41 Å². The van der Waals surface area contributed by atoms with Gasteiger partial charge >= 0.3 is 0 Å². The summed E-state index contributed by atoms with van der Waals surface area (Å²) in [5.41, 5.74) is 5.44. The fraction of sp³-hybridized carbons (Fsp3) is 0.400. The average Bonchev–Trinajstić information content (AvgIpc) is 2.72. The van der Waals surface area contributed by atoms with E-state index >= 15 is 0 Å². The molecule has 0 amide bonds. The van der Waals surface area contributed by atoms with Crippen LogP contribution in [0.3, 0.4) is 0 Å². The first-order valence-electron chi connectivity index (χ1n) is 10.4. The molecule has 3 nitrogen and oxygen atoms in total. The molecule has 0 heterocycles. The fourth-order valence-electron chi connectivity index (χ4n) is 2.88. The zero-order valence-corrected chi connectivity index (χ0v) is 18.5. The van der Waals surface area contributed by atoms with Crippen LogP contribution < -0.4 is 0 Å². The summed E-state index contributed by atoms with van der Waals surface area (Å²) in [6, 6.07) is 17.1. The smallest absolute Gasteiger partial charge is 0.0784 e. The van der Waals surface area contributed by atoms with E-state index in [1.54, 1.807) is 0 Å². The Balaban J connectivity index is 0.00000420. The molecule has 0 aliphatic carbocycles. The van der Waals surface area contributed by atoms with Gasteiger partial charge in [0.05, 0.1) is 18.8 Å². The van der Waals surface area contributed by atoms with Crippen LogP contribution in [0.25, 0.3) is 0 Å². The standard InChI is InChI=1S/C25H33N3.ClH/c1-3-5-7-21-9-13-23(14-10-21)17-27-19-25(26)20-28-18-24-15-11-22(12-16-24)8-6-4-2;/h9-18,26H,3-8,19-20H2,1-2H3;1H. The summed E-state index contributed by atoms with van der Waals surface area (Å²) in [7, 11) is 0. The average molecular weight is 412 g/mol. The van der Waals surface area contributed by atoms with Crippen molar-refractivity contribution in [2.45, 2.75) is 52.4 Å². The van der Waals surface area contributed by atoms with Crippen LogP contribution in [-0.4, -0.2) is 31.2 Å². The highest BCUT2D eigenvalue weighted by Gasteiger charge is 1.96. The third-order valence-corrected chi connectivity index (χ3v) is 4.64. The largest absolute Gasteiger partial charge is 0.306 e. The molecule has 0 fully saturated rings. The van der Waals surface area contributed by atoms with Crippen molar-refractivity contribution in [1.29, 1.82) is 5.41 Å². The molecule has 0 saturated heterocycles. The van der Waals surface area contributed by atoms with Crippen molar-refractivity contribution >= 4 is 30.5 Å². The van der Waals surface area contributed by atoms with Gasteiger partial charge in [-0.25, -0.2) is 0 Å². The van der Waals surface area contributed by atoms with Crippen molar-refractivity contribution in [2.24, 2.45) is 9.98 Å². The van der Waals surface area contributed by atoms with Crippen LogP contribution in [0.15, 0.2) is 58.5 Å². The van der Waals surface area contributed by atoms with E-state index in [0.29, 0.717) is 18.8 Å². The van der Waals surface area contributed by atoms with Gasteiger partial charge in [0.25, 0.3) is 0 Å². The van der Waals surface area contributed by atoms with E-state index in [1.807, 2.05) is 12.4 Å². The molecule has 0 unspecified atom stereocenters. The van der Waals surface area contributed by atoms with Gasteiger partial charge in [0.15, 0.2) is 0 Å². The maximum absolute atomic E-state index is 8.01. The van der Waals surface area contributed by atoms with E-state index in [4.69, 9.17) is 5.41 Å². The number of nitrogens with one attached hydrogen (secondary N) is 1. The quantitative estimate of drug-likeness (QED) is 0.395. The van der Waals surface area contributed by atoms with E-state index in [-0.39, 0.29) is 12.4 Å². The zero-order chi connectivity index (χ0) is 20.0. The Kier molecular flexibility index (Phi) is 12.6. The maximum atomic E-state index is 8.01. The van der Waals surface area contributed by atoms with Gasteiger partial charge in [-0.05, 0) is 47.9 Å². The first-order valence-corrected chi connectivity index (χ1v) is 10.4. The molecule has 2 aromatic rings. The molecular formula is C25H34ClN3. The highest BCUT2D eigenvalue weighted by Crippen LogP contribution is 2.07. The van der Waals surface area contributed by atoms with E-state index in [9.17, 15) is 0 Å². The molecule has 0 saturated carbocycles. The molecule has 0 aliphatic rings. The number of rotatable bonds is 12. The summed E-state index contributed by atoms with van der Waals surface area (Å²) in [5, 5.41) is 8.01. The Morgan fingerprint density at radius 2 is 1.10 bits per heavy atom. The molecule has 2 rings (SSSR count). The van der Waals surface area contributed by atoms with Gasteiger partial charge in [-0.3, -0.25) is 9.98 Å². The summed E-state index contributed by atoms with van der Waals surface area (Å²) < 4.78 is 0. The lowest BCUT2D eigenvalue weighted by Crippen LogP contribution is -2.06. The first-order chi connectivity index (χ1) is 13.7. The SMILES string of the molecule is CCCCc1ccc(C=NCC(=N)CN=Cc2ccc(CCCC)cc2)cc1.Cl. The summed E-state index contributed by atoms with van der Waals surface area (Å²) >= 11 is 0. The van der Waals surface area contributed by atoms with Crippen LogP contribution in [-0.2, 0) is 12.8 Å². The van der Waals surface area contributed by atoms with Crippen molar-refractivity contribution in [3.8, 4) is 0 Å². The zero-order valence-electron chi connectivity index (χ0n) is 17.7. The molecule has 2 aromatic carbocycles. The van der Waals surface area contributed by atoms with Gasteiger partial charge in [-0.15, -0.1) is 12.4 Å². The van der Waals surface area contributed by atoms with Crippen molar-refractivity contribution in [3.63, 3.8) is 0 Å².